The lowest BCUT2D eigenvalue weighted by atomic mass is 9.73. The Labute approximate surface area is 124 Å². The highest BCUT2D eigenvalue weighted by Crippen LogP contribution is 2.39. The lowest BCUT2D eigenvalue weighted by Gasteiger charge is -2.34. The van der Waals surface area contributed by atoms with Gasteiger partial charge in [0.15, 0.2) is 5.82 Å². The van der Waals surface area contributed by atoms with Crippen LogP contribution in [0.4, 0.5) is 0 Å². The van der Waals surface area contributed by atoms with Gasteiger partial charge in [-0.3, -0.25) is 0 Å². The van der Waals surface area contributed by atoms with Crippen LogP contribution in [0.3, 0.4) is 0 Å². The van der Waals surface area contributed by atoms with Gasteiger partial charge in [0.05, 0.1) is 5.41 Å². The molecule has 1 aliphatic heterocycles. The lowest BCUT2D eigenvalue weighted by molar-refractivity contribution is 0.109. The van der Waals surface area contributed by atoms with E-state index >= 15 is 0 Å². The summed E-state index contributed by atoms with van der Waals surface area (Å²) in [7, 11) is 1.65. The summed E-state index contributed by atoms with van der Waals surface area (Å²) in [5.41, 5.74) is 1.05. The molecule has 21 heavy (non-hydrogen) atoms. The van der Waals surface area contributed by atoms with Crippen molar-refractivity contribution in [2.24, 2.45) is 0 Å². The van der Waals surface area contributed by atoms with Gasteiger partial charge in [-0.1, -0.05) is 35.5 Å². The van der Waals surface area contributed by atoms with Crippen molar-refractivity contribution in [3.63, 3.8) is 0 Å². The van der Waals surface area contributed by atoms with Crippen molar-refractivity contribution in [3.8, 4) is 0 Å². The van der Waals surface area contributed by atoms with Gasteiger partial charge in [0, 0.05) is 7.11 Å². The second-order valence-electron chi connectivity index (χ2n) is 5.53. The Kier molecular flexibility index (Phi) is 4.03. The fourth-order valence-electron chi connectivity index (χ4n) is 2.94. The van der Waals surface area contributed by atoms with Crippen molar-refractivity contribution in [1.82, 2.24) is 15.5 Å². The predicted molar refractivity (Wildman–Crippen MR) is 79.0 cm³/mol. The molecule has 5 nitrogen and oxygen atoms in total. The molecule has 0 aliphatic carbocycles. The molecule has 5 heteroatoms. The highest BCUT2D eigenvalue weighted by molar-refractivity contribution is 5.32. The van der Waals surface area contributed by atoms with Crippen molar-refractivity contribution in [1.29, 1.82) is 0 Å². The topological polar surface area (TPSA) is 60.2 Å². The number of ether oxygens (including phenoxy) is 1. The molecule has 0 spiro atoms. The van der Waals surface area contributed by atoms with E-state index in [1.807, 2.05) is 13.0 Å². The normalized spacial score (nSPS) is 19.3. The summed E-state index contributed by atoms with van der Waals surface area (Å²) < 4.78 is 10.9. The van der Waals surface area contributed by atoms with Gasteiger partial charge in [-0.05, 0) is 38.4 Å². The molecule has 2 heterocycles. The maximum Gasteiger partial charge on any atom is 0.237 e. The quantitative estimate of drug-likeness (QED) is 0.936. The second kappa shape index (κ2) is 5.95. The standard InChI is InChI=1S/C16H21N3O2/c1-12(20-2)14-18-15(21-19-14)16(8-10-17-11-9-16)13-6-4-3-5-7-13/h3-7,12,17H,8-11H2,1-2H3. The molecule has 1 aromatic carbocycles. The minimum absolute atomic E-state index is 0.156. The molecule has 1 saturated heterocycles. The number of nitrogens with zero attached hydrogens (tertiary/aromatic N) is 2. The molecule has 0 bridgehead atoms. The van der Waals surface area contributed by atoms with E-state index in [2.05, 4.69) is 39.7 Å². The monoisotopic (exact) mass is 287 g/mol. The minimum atomic E-state index is -0.189. The van der Waals surface area contributed by atoms with Gasteiger partial charge < -0.3 is 14.6 Å². The number of methoxy groups -OCH3 is 1. The van der Waals surface area contributed by atoms with Crippen LogP contribution in [0.25, 0.3) is 0 Å². The maximum atomic E-state index is 5.62. The fraction of sp³-hybridized carbons (Fsp3) is 0.500. The molecule has 0 amide bonds. The first-order chi connectivity index (χ1) is 10.3. The van der Waals surface area contributed by atoms with Crippen molar-refractivity contribution in [3.05, 3.63) is 47.6 Å². The van der Waals surface area contributed by atoms with Crippen LogP contribution in [-0.2, 0) is 10.2 Å². The third-order valence-electron chi connectivity index (χ3n) is 4.35. The molecule has 0 saturated carbocycles. The Bertz CT molecular complexity index is 576. The number of nitrogens with one attached hydrogen (secondary N) is 1. The average Bonchev–Trinajstić information content (AvgIpc) is 3.06. The highest BCUT2D eigenvalue weighted by atomic mass is 16.5. The molecule has 0 radical (unpaired) electrons. The molecular formula is C16H21N3O2. The highest BCUT2D eigenvalue weighted by Gasteiger charge is 2.41. The largest absolute Gasteiger partial charge is 0.374 e. The van der Waals surface area contributed by atoms with E-state index in [9.17, 15) is 0 Å². The van der Waals surface area contributed by atoms with Gasteiger partial charge in [0.2, 0.25) is 5.89 Å². The van der Waals surface area contributed by atoms with E-state index in [1.54, 1.807) is 7.11 Å². The zero-order valence-electron chi connectivity index (χ0n) is 12.5. The van der Waals surface area contributed by atoms with E-state index in [4.69, 9.17) is 9.26 Å². The average molecular weight is 287 g/mol. The number of rotatable bonds is 4. The number of benzene rings is 1. The number of hydrogen-bond acceptors (Lipinski definition) is 5. The number of aromatic nitrogens is 2. The van der Waals surface area contributed by atoms with Crippen molar-refractivity contribution in [2.75, 3.05) is 20.2 Å². The number of piperidine rings is 1. The maximum absolute atomic E-state index is 5.62. The third-order valence-corrected chi connectivity index (χ3v) is 4.35. The molecule has 1 N–H and O–H groups in total. The van der Waals surface area contributed by atoms with E-state index < -0.39 is 0 Å². The Morgan fingerprint density at radius 2 is 1.95 bits per heavy atom. The summed E-state index contributed by atoms with van der Waals surface area (Å²) in [6, 6.07) is 10.5. The minimum Gasteiger partial charge on any atom is -0.374 e. The molecule has 2 aromatic rings. The first kappa shape index (κ1) is 14.2. The van der Waals surface area contributed by atoms with Gasteiger partial charge >= 0.3 is 0 Å². The molecule has 3 rings (SSSR count). The lowest BCUT2D eigenvalue weighted by Crippen LogP contribution is -2.41. The fourth-order valence-corrected chi connectivity index (χ4v) is 2.94. The van der Waals surface area contributed by atoms with Crippen LogP contribution in [0.2, 0.25) is 0 Å². The summed E-state index contributed by atoms with van der Waals surface area (Å²) >= 11 is 0. The van der Waals surface area contributed by atoms with Crippen LogP contribution in [0.1, 0.15) is 43.1 Å². The third kappa shape index (κ3) is 2.59. The summed E-state index contributed by atoms with van der Waals surface area (Å²) in [6.07, 6.45) is 1.76. The van der Waals surface area contributed by atoms with E-state index in [0.717, 1.165) is 25.9 Å². The Morgan fingerprint density at radius 3 is 2.62 bits per heavy atom. The second-order valence-corrected chi connectivity index (χ2v) is 5.53. The SMILES string of the molecule is COC(C)c1noc(C2(c3ccccc3)CCNCC2)n1. The van der Waals surface area contributed by atoms with Gasteiger partial charge in [-0.2, -0.15) is 4.98 Å². The molecule has 112 valence electrons. The Morgan fingerprint density at radius 1 is 1.24 bits per heavy atom. The van der Waals surface area contributed by atoms with Crippen molar-refractivity contribution < 1.29 is 9.26 Å². The van der Waals surface area contributed by atoms with Crippen LogP contribution < -0.4 is 5.32 Å². The first-order valence-corrected chi connectivity index (χ1v) is 7.39. The van der Waals surface area contributed by atoms with E-state index in [-0.39, 0.29) is 11.5 Å². The summed E-state index contributed by atoms with van der Waals surface area (Å²) in [4.78, 5) is 4.62. The van der Waals surface area contributed by atoms with Crippen LogP contribution in [-0.4, -0.2) is 30.3 Å². The van der Waals surface area contributed by atoms with Crippen molar-refractivity contribution >= 4 is 0 Å². The van der Waals surface area contributed by atoms with E-state index in [0.29, 0.717) is 11.7 Å². The molecule has 1 fully saturated rings. The zero-order chi connectivity index (χ0) is 14.7. The van der Waals surface area contributed by atoms with Crippen molar-refractivity contribution in [2.45, 2.75) is 31.3 Å². The van der Waals surface area contributed by atoms with Gasteiger partial charge in [-0.15, -0.1) is 0 Å². The smallest absolute Gasteiger partial charge is 0.237 e. The molecule has 1 aliphatic rings. The zero-order valence-corrected chi connectivity index (χ0v) is 12.5. The first-order valence-electron chi connectivity index (χ1n) is 7.39. The summed E-state index contributed by atoms with van der Waals surface area (Å²) in [5.74, 6) is 1.32. The van der Waals surface area contributed by atoms with Crippen LogP contribution in [0.5, 0.6) is 0 Å². The van der Waals surface area contributed by atoms with Crippen LogP contribution in [0.15, 0.2) is 34.9 Å². The molecule has 1 aromatic heterocycles. The molecular weight excluding hydrogens is 266 g/mol. The summed E-state index contributed by atoms with van der Waals surface area (Å²) in [5, 5.41) is 7.51. The summed E-state index contributed by atoms with van der Waals surface area (Å²) in [6.45, 7) is 3.82. The number of hydrogen-bond donors (Lipinski definition) is 1. The molecule has 1 unspecified atom stereocenters. The Hall–Kier alpha value is -1.72. The van der Waals surface area contributed by atoms with Gasteiger partial charge in [0.25, 0.3) is 0 Å². The van der Waals surface area contributed by atoms with Crippen LogP contribution >= 0.6 is 0 Å². The predicted octanol–water partition coefficient (Wildman–Crippen LogP) is 2.45. The van der Waals surface area contributed by atoms with Gasteiger partial charge in [0.1, 0.15) is 6.10 Å². The molecule has 1 atom stereocenters. The van der Waals surface area contributed by atoms with Crippen LogP contribution in [0, 0.1) is 0 Å². The van der Waals surface area contributed by atoms with Gasteiger partial charge in [-0.25, -0.2) is 0 Å². The van der Waals surface area contributed by atoms with E-state index in [1.165, 1.54) is 5.56 Å². The Balaban J connectivity index is 2.02.